The van der Waals surface area contributed by atoms with Crippen LogP contribution in [0.25, 0.3) is 0 Å². The molecule has 0 heterocycles. The summed E-state index contributed by atoms with van der Waals surface area (Å²) in [6.45, 7) is 1.98. The standard InChI is InChI=1S/C9H9NO2/c1-2-7-4-3-5-8(6-7)9(11)10-12/h3-6H,2H2,1H3. The molecule has 0 N–H and O–H groups in total. The molecule has 3 nitrogen and oxygen atoms in total. The smallest absolute Gasteiger partial charge is 0.263 e. The fraction of sp³-hybridized carbons (Fsp3) is 0.222. The van der Waals surface area contributed by atoms with Gasteiger partial charge in [-0.05, 0) is 24.1 Å². The minimum atomic E-state index is -0.703. The fourth-order valence-corrected chi connectivity index (χ4v) is 0.977. The van der Waals surface area contributed by atoms with E-state index in [2.05, 4.69) is 5.18 Å². The van der Waals surface area contributed by atoms with Crippen molar-refractivity contribution < 1.29 is 4.79 Å². The molecule has 0 aromatic heterocycles. The van der Waals surface area contributed by atoms with Gasteiger partial charge in [-0.15, -0.1) is 4.91 Å². The number of benzene rings is 1. The second-order valence-corrected chi connectivity index (χ2v) is 2.45. The van der Waals surface area contributed by atoms with Crippen molar-refractivity contribution in [2.45, 2.75) is 13.3 Å². The highest BCUT2D eigenvalue weighted by molar-refractivity contribution is 5.94. The molecule has 0 spiro atoms. The van der Waals surface area contributed by atoms with E-state index in [4.69, 9.17) is 0 Å². The maximum atomic E-state index is 10.8. The largest absolute Gasteiger partial charge is 0.316 e. The monoisotopic (exact) mass is 163 g/mol. The van der Waals surface area contributed by atoms with Crippen LogP contribution >= 0.6 is 0 Å². The maximum Gasteiger partial charge on any atom is 0.316 e. The molecular formula is C9H9NO2. The lowest BCUT2D eigenvalue weighted by molar-refractivity contribution is 0.100. The van der Waals surface area contributed by atoms with Gasteiger partial charge in [0.05, 0.1) is 0 Å². The van der Waals surface area contributed by atoms with E-state index >= 15 is 0 Å². The third-order valence-corrected chi connectivity index (χ3v) is 1.67. The molecule has 0 aliphatic carbocycles. The lowest BCUT2D eigenvalue weighted by atomic mass is 10.1. The third kappa shape index (κ3) is 1.75. The Bertz CT molecular complexity index is 307. The summed E-state index contributed by atoms with van der Waals surface area (Å²) < 4.78 is 0. The first-order valence-electron chi connectivity index (χ1n) is 3.74. The number of hydrogen-bond donors (Lipinski definition) is 0. The summed E-state index contributed by atoms with van der Waals surface area (Å²) >= 11 is 0. The van der Waals surface area contributed by atoms with Gasteiger partial charge in [-0.3, -0.25) is 4.79 Å². The van der Waals surface area contributed by atoms with E-state index in [9.17, 15) is 9.70 Å². The van der Waals surface area contributed by atoms with Crippen molar-refractivity contribution in [3.8, 4) is 0 Å². The number of nitroso groups, excluding NO2 is 1. The van der Waals surface area contributed by atoms with Gasteiger partial charge in [0.15, 0.2) is 0 Å². The van der Waals surface area contributed by atoms with Gasteiger partial charge >= 0.3 is 5.91 Å². The Morgan fingerprint density at radius 3 is 2.83 bits per heavy atom. The Kier molecular flexibility index (Phi) is 2.69. The average Bonchev–Trinajstić information content (AvgIpc) is 2.17. The van der Waals surface area contributed by atoms with Crippen molar-refractivity contribution in [2.75, 3.05) is 0 Å². The highest BCUT2D eigenvalue weighted by Gasteiger charge is 2.04. The van der Waals surface area contributed by atoms with Gasteiger partial charge in [0.2, 0.25) is 0 Å². The van der Waals surface area contributed by atoms with E-state index in [1.54, 1.807) is 18.2 Å². The maximum absolute atomic E-state index is 10.8. The molecule has 0 atom stereocenters. The van der Waals surface area contributed by atoms with Crippen molar-refractivity contribution in [3.63, 3.8) is 0 Å². The molecule has 0 aliphatic heterocycles. The zero-order valence-corrected chi connectivity index (χ0v) is 6.78. The van der Waals surface area contributed by atoms with Gasteiger partial charge in [0.25, 0.3) is 0 Å². The summed E-state index contributed by atoms with van der Waals surface area (Å²) in [7, 11) is 0. The van der Waals surface area contributed by atoms with Crippen molar-refractivity contribution in [2.24, 2.45) is 5.18 Å². The Labute approximate surface area is 70.4 Å². The number of carbonyl (C=O) groups excluding carboxylic acids is 1. The first-order chi connectivity index (χ1) is 5.77. The van der Waals surface area contributed by atoms with Crippen LogP contribution in [-0.4, -0.2) is 5.91 Å². The molecule has 0 saturated carbocycles. The summed E-state index contributed by atoms with van der Waals surface area (Å²) in [5.41, 5.74) is 1.40. The van der Waals surface area contributed by atoms with Crippen molar-refractivity contribution >= 4 is 5.91 Å². The van der Waals surface area contributed by atoms with Crippen LogP contribution < -0.4 is 0 Å². The summed E-state index contributed by atoms with van der Waals surface area (Å²) in [5, 5.41) is 2.35. The number of amides is 1. The molecule has 1 aromatic carbocycles. The third-order valence-electron chi connectivity index (χ3n) is 1.67. The molecule has 0 fully saturated rings. The topological polar surface area (TPSA) is 46.5 Å². The van der Waals surface area contributed by atoms with Crippen LogP contribution in [0, 0.1) is 4.91 Å². The predicted octanol–water partition coefficient (Wildman–Crippen LogP) is 2.16. The normalized spacial score (nSPS) is 9.42. The number of nitrogens with zero attached hydrogens (tertiary/aromatic N) is 1. The van der Waals surface area contributed by atoms with Gasteiger partial charge in [-0.25, -0.2) is 0 Å². The molecule has 12 heavy (non-hydrogen) atoms. The highest BCUT2D eigenvalue weighted by Crippen LogP contribution is 2.06. The summed E-state index contributed by atoms with van der Waals surface area (Å²) in [4.78, 5) is 20.7. The second-order valence-electron chi connectivity index (χ2n) is 2.45. The summed E-state index contributed by atoms with van der Waals surface area (Å²) in [6, 6.07) is 6.92. The summed E-state index contributed by atoms with van der Waals surface area (Å²) in [5.74, 6) is -0.703. The van der Waals surface area contributed by atoms with Gasteiger partial charge in [-0.2, -0.15) is 0 Å². The Morgan fingerprint density at radius 2 is 2.25 bits per heavy atom. The summed E-state index contributed by atoms with van der Waals surface area (Å²) in [6.07, 6.45) is 0.847. The molecule has 0 saturated heterocycles. The molecule has 1 amide bonds. The quantitative estimate of drug-likeness (QED) is 0.627. The van der Waals surface area contributed by atoms with Crippen LogP contribution in [-0.2, 0) is 6.42 Å². The SMILES string of the molecule is CCc1cccc(C(=O)N=O)c1. The minimum Gasteiger partial charge on any atom is -0.263 e. The van der Waals surface area contributed by atoms with Crippen molar-refractivity contribution in [3.05, 3.63) is 40.3 Å². The average molecular weight is 163 g/mol. The lowest BCUT2D eigenvalue weighted by Gasteiger charge is -1.96. The van der Waals surface area contributed by atoms with E-state index in [0.717, 1.165) is 12.0 Å². The molecule has 0 radical (unpaired) electrons. The predicted molar refractivity (Wildman–Crippen MR) is 45.9 cm³/mol. The van der Waals surface area contributed by atoms with E-state index in [-0.39, 0.29) is 0 Å². The van der Waals surface area contributed by atoms with Gasteiger partial charge in [0, 0.05) is 10.7 Å². The van der Waals surface area contributed by atoms with Crippen molar-refractivity contribution in [1.82, 2.24) is 0 Å². The molecular weight excluding hydrogens is 154 g/mol. The first kappa shape index (κ1) is 8.59. The highest BCUT2D eigenvalue weighted by atomic mass is 16.3. The Balaban J connectivity index is 3.01. The van der Waals surface area contributed by atoms with Gasteiger partial charge in [-0.1, -0.05) is 19.1 Å². The van der Waals surface area contributed by atoms with E-state index < -0.39 is 5.91 Å². The van der Waals surface area contributed by atoms with Crippen LogP contribution in [0.4, 0.5) is 0 Å². The minimum absolute atomic E-state index is 0.365. The number of carbonyl (C=O) groups is 1. The van der Waals surface area contributed by atoms with Crippen LogP contribution in [0.1, 0.15) is 22.8 Å². The zero-order chi connectivity index (χ0) is 8.97. The van der Waals surface area contributed by atoms with Crippen LogP contribution in [0.15, 0.2) is 29.4 Å². The van der Waals surface area contributed by atoms with Crippen LogP contribution in [0.5, 0.6) is 0 Å². The van der Waals surface area contributed by atoms with E-state index in [0.29, 0.717) is 5.56 Å². The lowest BCUT2D eigenvalue weighted by Crippen LogP contribution is -1.94. The molecule has 1 aromatic rings. The van der Waals surface area contributed by atoms with E-state index in [1.165, 1.54) is 0 Å². The van der Waals surface area contributed by atoms with E-state index in [1.807, 2.05) is 13.0 Å². The fourth-order valence-electron chi connectivity index (χ4n) is 0.977. The molecule has 62 valence electrons. The molecule has 0 bridgehead atoms. The molecule has 3 heteroatoms. The number of hydrogen-bond acceptors (Lipinski definition) is 2. The van der Waals surface area contributed by atoms with Crippen LogP contribution in [0.2, 0.25) is 0 Å². The second kappa shape index (κ2) is 3.76. The molecule has 0 unspecified atom stereocenters. The number of aryl methyl sites for hydroxylation is 1. The first-order valence-corrected chi connectivity index (χ1v) is 3.74. The zero-order valence-electron chi connectivity index (χ0n) is 6.78. The number of rotatable bonds is 2. The van der Waals surface area contributed by atoms with Gasteiger partial charge in [0.1, 0.15) is 0 Å². The Morgan fingerprint density at radius 1 is 1.50 bits per heavy atom. The van der Waals surface area contributed by atoms with Crippen molar-refractivity contribution in [1.29, 1.82) is 0 Å². The van der Waals surface area contributed by atoms with Gasteiger partial charge < -0.3 is 0 Å². The Hall–Kier alpha value is -1.51. The van der Waals surface area contributed by atoms with Crippen LogP contribution in [0.3, 0.4) is 0 Å². The molecule has 1 rings (SSSR count). The molecule has 0 aliphatic rings.